The second-order valence-corrected chi connectivity index (χ2v) is 7.23. The summed E-state index contributed by atoms with van der Waals surface area (Å²) in [5.41, 5.74) is 5.86. The number of hydrogen-bond donors (Lipinski definition) is 1. The number of thioether (sulfide) groups is 1. The maximum absolute atomic E-state index is 13.1. The Morgan fingerprint density at radius 1 is 0.880 bits per heavy atom. The lowest BCUT2D eigenvalue weighted by atomic mass is 10.1. The molecule has 1 aliphatic rings. The molecule has 1 amide bonds. The maximum Gasteiger partial charge on any atom is 0.274 e. The number of amides is 1. The number of nitrogens with one attached hydrogen (secondary N) is 1. The molecule has 0 aliphatic carbocycles. The van der Waals surface area contributed by atoms with Crippen LogP contribution in [0.4, 0.5) is 5.69 Å². The number of carbonyl (C=O) groups excluding carboxylic acids is 1. The van der Waals surface area contributed by atoms with Gasteiger partial charge in [0.15, 0.2) is 0 Å². The van der Waals surface area contributed by atoms with Crippen LogP contribution in [0.5, 0.6) is 0 Å². The van der Waals surface area contributed by atoms with E-state index in [1.54, 1.807) is 16.8 Å². The molecule has 5 heteroatoms. The van der Waals surface area contributed by atoms with Crippen LogP contribution in [0, 0.1) is 0 Å². The third-order valence-electron chi connectivity index (χ3n) is 3.99. The number of para-hydroxylation sites is 1. The molecule has 3 aromatic carbocycles. The number of rotatable bonds is 3. The molecule has 0 saturated heterocycles. The van der Waals surface area contributed by atoms with Gasteiger partial charge in [0, 0.05) is 9.92 Å². The van der Waals surface area contributed by atoms with Gasteiger partial charge in [-0.3, -0.25) is 10.2 Å². The minimum Gasteiger partial charge on any atom is -0.294 e. The van der Waals surface area contributed by atoms with Crippen molar-refractivity contribution in [2.45, 2.75) is 10.3 Å². The quantitative estimate of drug-likeness (QED) is 0.653. The van der Waals surface area contributed by atoms with Crippen molar-refractivity contribution < 1.29 is 4.79 Å². The van der Waals surface area contributed by atoms with E-state index in [-0.39, 0.29) is 11.3 Å². The molecule has 1 heterocycles. The second kappa shape index (κ2) is 6.82. The van der Waals surface area contributed by atoms with E-state index < -0.39 is 0 Å². The van der Waals surface area contributed by atoms with E-state index in [0.717, 1.165) is 16.1 Å². The molecule has 0 fully saturated rings. The van der Waals surface area contributed by atoms with Crippen LogP contribution < -0.4 is 5.43 Å². The summed E-state index contributed by atoms with van der Waals surface area (Å²) in [7, 11) is 0. The lowest BCUT2D eigenvalue weighted by Gasteiger charge is -2.36. The zero-order valence-electron chi connectivity index (χ0n) is 13.2. The number of anilines is 1. The molecule has 1 atom stereocenters. The molecule has 0 aromatic heterocycles. The van der Waals surface area contributed by atoms with Crippen molar-refractivity contribution in [3.63, 3.8) is 0 Å². The van der Waals surface area contributed by atoms with Crippen molar-refractivity contribution in [2.75, 3.05) is 5.43 Å². The molecule has 0 bridgehead atoms. The number of hydrogen-bond acceptors (Lipinski definition) is 3. The van der Waals surface area contributed by atoms with E-state index in [4.69, 9.17) is 11.6 Å². The normalized spacial score (nSPS) is 16.4. The molecule has 124 valence electrons. The molecule has 3 aromatic rings. The van der Waals surface area contributed by atoms with Crippen molar-refractivity contribution in [1.29, 1.82) is 0 Å². The van der Waals surface area contributed by atoms with Gasteiger partial charge in [0.1, 0.15) is 5.37 Å². The van der Waals surface area contributed by atoms with Gasteiger partial charge in [-0.25, -0.2) is 5.01 Å². The molecule has 0 saturated carbocycles. The highest BCUT2D eigenvalue weighted by atomic mass is 35.5. The Morgan fingerprint density at radius 2 is 1.56 bits per heavy atom. The van der Waals surface area contributed by atoms with Crippen LogP contribution in [0.3, 0.4) is 0 Å². The minimum atomic E-state index is -0.181. The summed E-state index contributed by atoms with van der Waals surface area (Å²) in [6.45, 7) is 0. The number of fused-ring (bicyclic) bond motifs is 1. The topological polar surface area (TPSA) is 32.3 Å². The highest BCUT2D eigenvalue weighted by molar-refractivity contribution is 7.99. The number of nitrogens with zero attached hydrogens (tertiary/aromatic N) is 1. The molecule has 1 N–H and O–H groups in total. The fraction of sp³-hybridized carbons (Fsp3) is 0.0500. The first-order chi connectivity index (χ1) is 12.2. The molecule has 25 heavy (non-hydrogen) atoms. The summed E-state index contributed by atoms with van der Waals surface area (Å²) in [6.07, 6.45) is 0. The van der Waals surface area contributed by atoms with Crippen LogP contribution >= 0.6 is 23.4 Å². The number of halogens is 1. The van der Waals surface area contributed by atoms with E-state index in [1.807, 2.05) is 78.9 Å². The van der Waals surface area contributed by atoms with Crippen LogP contribution in [0.2, 0.25) is 5.02 Å². The Hall–Kier alpha value is -2.43. The average Bonchev–Trinajstić information content (AvgIpc) is 2.65. The average molecular weight is 367 g/mol. The zero-order valence-corrected chi connectivity index (χ0v) is 14.8. The second-order valence-electron chi connectivity index (χ2n) is 5.67. The van der Waals surface area contributed by atoms with Crippen LogP contribution in [0.15, 0.2) is 83.8 Å². The lowest BCUT2D eigenvalue weighted by Crippen LogP contribution is -2.40. The summed E-state index contributed by atoms with van der Waals surface area (Å²) < 4.78 is 0. The first-order valence-electron chi connectivity index (χ1n) is 7.89. The van der Waals surface area contributed by atoms with E-state index in [2.05, 4.69) is 5.43 Å². The van der Waals surface area contributed by atoms with Crippen molar-refractivity contribution in [2.24, 2.45) is 0 Å². The summed E-state index contributed by atoms with van der Waals surface area (Å²) >= 11 is 7.67. The third kappa shape index (κ3) is 3.23. The first-order valence-corrected chi connectivity index (χ1v) is 9.14. The van der Waals surface area contributed by atoms with Gasteiger partial charge in [-0.05, 0) is 42.0 Å². The standard InChI is InChI=1S/C20H15ClN2OS/c21-15-12-10-14(11-13-15)20-23(22-16-6-2-1-3-7-16)19(24)17-8-4-5-9-18(17)25-20/h1-13,20,22H/t20-/m1/s1. The van der Waals surface area contributed by atoms with Crippen molar-refractivity contribution >= 4 is 35.0 Å². The van der Waals surface area contributed by atoms with Gasteiger partial charge in [0.2, 0.25) is 0 Å². The van der Waals surface area contributed by atoms with Crippen molar-refractivity contribution in [3.8, 4) is 0 Å². The van der Waals surface area contributed by atoms with Crippen LogP contribution in [-0.4, -0.2) is 10.9 Å². The molecule has 0 unspecified atom stereocenters. The summed E-state index contributed by atoms with van der Waals surface area (Å²) in [5.74, 6) is -0.0434. The van der Waals surface area contributed by atoms with Gasteiger partial charge in [0.05, 0.1) is 11.3 Å². The molecule has 1 aliphatic heterocycles. The van der Waals surface area contributed by atoms with Gasteiger partial charge in [-0.1, -0.05) is 65.8 Å². The van der Waals surface area contributed by atoms with Gasteiger partial charge < -0.3 is 0 Å². The van der Waals surface area contributed by atoms with E-state index in [0.29, 0.717) is 10.6 Å². The van der Waals surface area contributed by atoms with Crippen molar-refractivity contribution in [3.05, 3.63) is 95.0 Å². The summed E-state index contributed by atoms with van der Waals surface area (Å²) in [5, 5.41) is 2.18. The lowest BCUT2D eigenvalue weighted by molar-refractivity contribution is 0.0768. The number of carbonyl (C=O) groups is 1. The highest BCUT2D eigenvalue weighted by Gasteiger charge is 2.34. The highest BCUT2D eigenvalue weighted by Crippen LogP contribution is 2.44. The molecular weight excluding hydrogens is 352 g/mol. The number of hydrazine groups is 1. The Bertz CT molecular complexity index is 899. The number of benzene rings is 3. The monoisotopic (exact) mass is 366 g/mol. The van der Waals surface area contributed by atoms with Gasteiger partial charge in [-0.15, -0.1) is 0 Å². The maximum atomic E-state index is 13.1. The van der Waals surface area contributed by atoms with Crippen molar-refractivity contribution in [1.82, 2.24) is 5.01 Å². The minimum absolute atomic E-state index is 0.0434. The SMILES string of the molecule is O=C1c2ccccc2S[C@H](c2ccc(Cl)cc2)N1Nc1ccccc1. The molecule has 0 radical (unpaired) electrons. The molecule has 0 spiro atoms. The first kappa shape index (κ1) is 16.1. The predicted octanol–water partition coefficient (Wildman–Crippen LogP) is 5.61. The van der Waals surface area contributed by atoms with Crippen LogP contribution in [0.25, 0.3) is 0 Å². The summed E-state index contributed by atoms with van der Waals surface area (Å²) in [6, 6.07) is 25.0. The Labute approximate surface area is 155 Å². The fourth-order valence-corrected chi connectivity index (χ4v) is 4.11. The molecule has 3 nitrogen and oxygen atoms in total. The van der Waals surface area contributed by atoms with Gasteiger partial charge in [0.25, 0.3) is 5.91 Å². The third-order valence-corrected chi connectivity index (χ3v) is 5.56. The van der Waals surface area contributed by atoms with E-state index in [9.17, 15) is 4.79 Å². The zero-order chi connectivity index (χ0) is 17.2. The smallest absolute Gasteiger partial charge is 0.274 e. The van der Waals surface area contributed by atoms with Gasteiger partial charge >= 0.3 is 0 Å². The molecule has 4 rings (SSSR count). The Balaban J connectivity index is 1.75. The van der Waals surface area contributed by atoms with Gasteiger partial charge in [-0.2, -0.15) is 0 Å². The Morgan fingerprint density at radius 3 is 2.32 bits per heavy atom. The fourth-order valence-electron chi connectivity index (χ4n) is 2.76. The van der Waals surface area contributed by atoms with E-state index in [1.165, 1.54) is 0 Å². The largest absolute Gasteiger partial charge is 0.294 e. The Kier molecular flexibility index (Phi) is 4.38. The predicted molar refractivity (Wildman–Crippen MR) is 103 cm³/mol. The summed E-state index contributed by atoms with van der Waals surface area (Å²) in [4.78, 5) is 14.1. The van der Waals surface area contributed by atoms with E-state index >= 15 is 0 Å². The molecular formula is C20H15ClN2OS. The van der Waals surface area contributed by atoms with Crippen LogP contribution in [-0.2, 0) is 0 Å². The van der Waals surface area contributed by atoms with Crippen LogP contribution in [0.1, 0.15) is 21.3 Å².